The Hall–Kier alpha value is -2.60. The highest BCUT2D eigenvalue weighted by Crippen LogP contribution is 2.30. The van der Waals surface area contributed by atoms with Crippen molar-refractivity contribution < 1.29 is 14.3 Å². The molecule has 0 atom stereocenters. The molecule has 1 amide bonds. The first-order chi connectivity index (χ1) is 12.0. The number of rotatable bonds is 4. The van der Waals surface area contributed by atoms with Crippen LogP contribution in [0.3, 0.4) is 0 Å². The molecule has 0 aromatic heterocycles. The lowest BCUT2D eigenvalue weighted by Gasteiger charge is -2.12. The summed E-state index contributed by atoms with van der Waals surface area (Å²) < 4.78 is 11.5. The summed E-state index contributed by atoms with van der Waals surface area (Å²) in [6, 6.07) is 12.9. The molecule has 0 radical (unpaired) electrons. The molecule has 2 aromatic carbocycles. The Balaban J connectivity index is 1.98. The normalized spacial score (nSPS) is 15.5. The van der Waals surface area contributed by atoms with Crippen LogP contribution in [-0.2, 0) is 4.79 Å². The highest BCUT2D eigenvalue weighted by Gasteiger charge is 2.29. The molecule has 2 aromatic rings. The Kier molecular flexibility index (Phi) is 4.90. The van der Waals surface area contributed by atoms with E-state index in [0.29, 0.717) is 28.5 Å². The van der Waals surface area contributed by atoms with Gasteiger partial charge in [-0.05, 0) is 43.3 Å². The molecule has 1 aliphatic rings. The Bertz CT molecular complexity index is 890. The molecule has 3 rings (SSSR count). The predicted molar refractivity (Wildman–Crippen MR) is 102 cm³/mol. The summed E-state index contributed by atoms with van der Waals surface area (Å²) >= 11 is 3.42. The summed E-state index contributed by atoms with van der Waals surface area (Å²) in [5, 5.41) is 5.80. The minimum absolute atomic E-state index is 0.173. The quantitative estimate of drug-likeness (QED) is 0.719. The fraction of sp³-hybridized carbons (Fsp3) is 0.158. The molecule has 25 heavy (non-hydrogen) atoms. The zero-order valence-electron chi connectivity index (χ0n) is 14.1. The van der Waals surface area contributed by atoms with Gasteiger partial charge < -0.3 is 9.47 Å². The molecule has 0 saturated heterocycles. The number of amides is 1. The number of benzene rings is 2. The number of carbonyl (C=O) groups is 1. The SMILES string of the molecule is COc1ccc(/C=C2/C(=O)N(c3cccc(Br)c3)N=C2C)c(OC)c1. The molecule has 0 saturated carbocycles. The topological polar surface area (TPSA) is 51.1 Å². The number of ether oxygens (including phenoxy) is 2. The van der Waals surface area contributed by atoms with E-state index in [0.717, 1.165) is 10.0 Å². The van der Waals surface area contributed by atoms with Gasteiger partial charge in [-0.15, -0.1) is 0 Å². The largest absolute Gasteiger partial charge is 0.497 e. The summed E-state index contributed by atoms with van der Waals surface area (Å²) in [5.74, 6) is 1.15. The number of hydrogen-bond acceptors (Lipinski definition) is 4. The Morgan fingerprint density at radius 3 is 2.60 bits per heavy atom. The van der Waals surface area contributed by atoms with Crippen LogP contribution >= 0.6 is 15.9 Å². The van der Waals surface area contributed by atoms with Crippen LogP contribution in [0.25, 0.3) is 6.08 Å². The molecule has 0 spiro atoms. The molecule has 5 nitrogen and oxygen atoms in total. The molecule has 0 fully saturated rings. The van der Waals surface area contributed by atoms with Crippen LogP contribution in [0, 0.1) is 0 Å². The van der Waals surface area contributed by atoms with E-state index in [-0.39, 0.29) is 5.91 Å². The lowest BCUT2D eigenvalue weighted by Crippen LogP contribution is -2.21. The predicted octanol–water partition coefficient (Wildman–Crippen LogP) is 4.27. The van der Waals surface area contributed by atoms with E-state index in [2.05, 4.69) is 21.0 Å². The van der Waals surface area contributed by atoms with Crippen molar-refractivity contribution in [2.45, 2.75) is 6.92 Å². The Labute approximate surface area is 154 Å². The third kappa shape index (κ3) is 3.44. The summed E-state index contributed by atoms with van der Waals surface area (Å²) in [5.41, 5.74) is 2.69. The van der Waals surface area contributed by atoms with Crippen LogP contribution in [0.1, 0.15) is 12.5 Å². The molecule has 128 valence electrons. The summed E-state index contributed by atoms with van der Waals surface area (Å²) in [7, 11) is 3.18. The van der Waals surface area contributed by atoms with Crippen molar-refractivity contribution >= 4 is 39.3 Å². The average molecular weight is 401 g/mol. The maximum absolute atomic E-state index is 12.8. The number of hydrogen-bond donors (Lipinski definition) is 0. The van der Waals surface area contributed by atoms with Crippen LogP contribution in [0.5, 0.6) is 11.5 Å². The molecule has 0 N–H and O–H groups in total. The van der Waals surface area contributed by atoms with Crippen LogP contribution in [-0.4, -0.2) is 25.8 Å². The second-order valence-electron chi connectivity index (χ2n) is 5.45. The molecule has 0 unspecified atom stereocenters. The molecule has 0 bridgehead atoms. The van der Waals surface area contributed by atoms with Crippen molar-refractivity contribution in [2.24, 2.45) is 5.10 Å². The number of hydrazone groups is 1. The zero-order valence-corrected chi connectivity index (χ0v) is 15.7. The van der Waals surface area contributed by atoms with Crippen molar-refractivity contribution in [1.82, 2.24) is 0 Å². The Morgan fingerprint density at radius 1 is 1.12 bits per heavy atom. The smallest absolute Gasteiger partial charge is 0.280 e. The van der Waals surface area contributed by atoms with Gasteiger partial charge in [0.05, 0.1) is 31.2 Å². The number of methoxy groups -OCH3 is 2. The van der Waals surface area contributed by atoms with E-state index < -0.39 is 0 Å². The maximum Gasteiger partial charge on any atom is 0.280 e. The average Bonchev–Trinajstić information content (AvgIpc) is 2.90. The first kappa shape index (κ1) is 17.2. The minimum Gasteiger partial charge on any atom is -0.497 e. The van der Waals surface area contributed by atoms with Gasteiger partial charge in [-0.1, -0.05) is 22.0 Å². The van der Waals surface area contributed by atoms with Crippen molar-refractivity contribution in [3.8, 4) is 11.5 Å². The van der Waals surface area contributed by atoms with E-state index in [1.54, 1.807) is 26.4 Å². The zero-order chi connectivity index (χ0) is 18.0. The lowest BCUT2D eigenvalue weighted by molar-refractivity contribution is -0.114. The van der Waals surface area contributed by atoms with Crippen molar-refractivity contribution in [2.75, 3.05) is 19.2 Å². The van der Waals surface area contributed by atoms with Crippen molar-refractivity contribution in [3.63, 3.8) is 0 Å². The van der Waals surface area contributed by atoms with Crippen LogP contribution < -0.4 is 14.5 Å². The van der Waals surface area contributed by atoms with Crippen LogP contribution in [0.15, 0.2) is 57.6 Å². The second kappa shape index (κ2) is 7.11. The van der Waals surface area contributed by atoms with Gasteiger partial charge in [-0.2, -0.15) is 10.1 Å². The molecule has 6 heteroatoms. The fourth-order valence-corrected chi connectivity index (χ4v) is 2.95. The van der Waals surface area contributed by atoms with Crippen molar-refractivity contribution in [3.05, 3.63) is 58.1 Å². The maximum atomic E-state index is 12.8. The van der Waals surface area contributed by atoms with E-state index in [1.807, 2.05) is 43.3 Å². The first-order valence-electron chi connectivity index (χ1n) is 7.63. The van der Waals surface area contributed by atoms with Gasteiger partial charge in [-0.25, -0.2) is 0 Å². The molecular weight excluding hydrogens is 384 g/mol. The number of halogens is 1. The summed E-state index contributed by atoms with van der Waals surface area (Å²) in [6.45, 7) is 1.82. The highest BCUT2D eigenvalue weighted by molar-refractivity contribution is 9.10. The fourth-order valence-electron chi connectivity index (χ4n) is 2.56. The van der Waals surface area contributed by atoms with Crippen LogP contribution in [0.2, 0.25) is 0 Å². The van der Waals surface area contributed by atoms with Gasteiger partial charge in [0, 0.05) is 16.1 Å². The van der Waals surface area contributed by atoms with E-state index >= 15 is 0 Å². The first-order valence-corrected chi connectivity index (χ1v) is 8.42. The highest BCUT2D eigenvalue weighted by atomic mass is 79.9. The third-order valence-electron chi connectivity index (χ3n) is 3.86. The molecular formula is C19H17BrN2O3. The molecule has 1 heterocycles. The molecule has 1 aliphatic heterocycles. The van der Waals surface area contributed by atoms with Gasteiger partial charge in [-0.3, -0.25) is 4.79 Å². The lowest BCUT2D eigenvalue weighted by atomic mass is 10.1. The minimum atomic E-state index is -0.173. The summed E-state index contributed by atoms with van der Waals surface area (Å²) in [6.07, 6.45) is 1.79. The van der Waals surface area contributed by atoms with E-state index in [4.69, 9.17) is 9.47 Å². The standard InChI is InChI=1S/C19H17BrN2O3/c1-12-17(9-13-7-8-16(24-2)11-18(13)25-3)19(23)22(21-12)15-6-4-5-14(20)10-15/h4-11H,1-3H3/b17-9+. The number of carbonyl (C=O) groups excluding carboxylic acids is 1. The van der Waals surface area contributed by atoms with Crippen molar-refractivity contribution in [1.29, 1.82) is 0 Å². The van der Waals surface area contributed by atoms with Gasteiger partial charge >= 0.3 is 0 Å². The Morgan fingerprint density at radius 2 is 1.92 bits per heavy atom. The van der Waals surface area contributed by atoms with Crippen LogP contribution in [0.4, 0.5) is 5.69 Å². The molecule has 0 aliphatic carbocycles. The number of nitrogens with zero attached hydrogens (tertiary/aromatic N) is 2. The van der Waals surface area contributed by atoms with E-state index in [9.17, 15) is 4.79 Å². The van der Waals surface area contributed by atoms with E-state index in [1.165, 1.54) is 5.01 Å². The second-order valence-corrected chi connectivity index (χ2v) is 6.36. The van der Waals surface area contributed by atoms with Gasteiger partial charge in [0.1, 0.15) is 11.5 Å². The van der Waals surface area contributed by atoms with Gasteiger partial charge in [0.25, 0.3) is 5.91 Å². The van der Waals surface area contributed by atoms with Gasteiger partial charge in [0.15, 0.2) is 0 Å². The summed E-state index contributed by atoms with van der Waals surface area (Å²) in [4.78, 5) is 12.8. The third-order valence-corrected chi connectivity index (χ3v) is 4.35. The number of anilines is 1. The monoisotopic (exact) mass is 400 g/mol. The van der Waals surface area contributed by atoms with Gasteiger partial charge in [0.2, 0.25) is 0 Å².